The Morgan fingerprint density at radius 2 is 1.85 bits per heavy atom. The average Bonchev–Trinajstić information content (AvgIpc) is 2.53. The van der Waals surface area contributed by atoms with Crippen LogP contribution in [0.2, 0.25) is 0 Å². The van der Waals surface area contributed by atoms with Gasteiger partial charge in [0.25, 0.3) is 0 Å². The second-order valence-electron chi connectivity index (χ2n) is 5.93. The van der Waals surface area contributed by atoms with Crippen molar-refractivity contribution < 1.29 is 4.74 Å². The molecule has 1 saturated carbocycles. The molecule has 112 valence electrons. The first-order valence-corrected chi connectivity index (χ1v) is 7.86. The molecule has 0 aromatic heterocycles. The molecular weight excluding hydrogens is 248 g/mol. The number of likely N-dealkylation sites (N-methyl/N-ethyl adjacent to an activating group) is 1. The number of hydrogen-bond donors (Lipinski definition) is 1. The van der Waals surface area contributed by atoms with Gasteiger partial charge in [0.05, 0.1) is 6.61 Å². The van der Waals surface area contributed by atoms with E-state index in [0.717, 1.165) is 31.9 Å². The summed E-state index contributed by atoms with van der Waals surface area (Å²) >= 11 is 0. The summed E-state index contributed by atoms with van der Waals surface area (Å²) in [7, 11) is 2.22. The van der Waals surface area contributed by atoms with E-state index in [0.29, 0.717) is 0 Å². The molecule has 0 heterocycles. The first-order valence-electron chi connectivity index (χ1n) is 7.86. The second kappa shape index (κ2) is 7.65. The summed E-state index contributed by atoms with van der Waals surface area (Å²) < 4.78 is 5.75. The molecule has 1 aromatic rings. The van der Waals surface area contributed by atoms with Crippen LogP contribution in [-0.4, -0.2) is 37.2 Å². The van der Waals surface area contributed by atoms with Crippen molar-refractivity contribution in [3.63, 3.8) is 0 Å². The predicted octanol–water partition coefficient (Wildman–Crippen LogP) is 3.05. The van der Waals surface area contributed by atoms with E-state index in [9.17, 15) is 0 Å². The van der Waals surface area contributed by atoms with Crippen molar-refractivity contribution in [3.05, 3.63) is 30.3 Å². The summed E-state index contributed by atoms with van der Waals surface area (Å²) in [5.41, 5.74) is 6.30. The van der Waals surface area contributed by atoms with Gasteiger partial charge in [0, 0.05) is 18.6 Å². The molecule has 3 nitrogen and oxygen atoms in total. The number of benzene rings is 1. The molecule has 20 heavy (non-hydrogen) atoms. The summed E-state index contributed by atoms with van der Waals surface area (Å²) in [4.78, 5) is 2.47. The number of ether oxygens (including phenoxy) is 1. The number of nitrogens with zero attached hydrogens (tertiary/aromatic N) is 1. The minimum atomic E-state index is 0.241. The Kier molecular flexibility index (Phi) is 5.86. The average molecular weight is 276 g/mol. The van der Waals surface area contributed by atoms with Gasteiger partial charge in [-0.1, -0.05) is 37.5 Å². The highest BCUT2D eigenvalue weighted by Gasteiger charge is 2.34. The van der Waals surface area contributed by atoms with Gasteiger partial charge >= 0.3 is 0 Å². The quantitative estimate of drug-likeness (QED) is 0.778. The van der Waals surface area contributed by atoms with Crippen LogP contribution in [0, 0.1) is 0 Å². The maximum atomic E-state index is 6.06. The first kappa shape index (κ1) is 15.3. The third kappa shape index (κ3) is 3.97. The molecule has 0 amide bonds. The topological polar surface area (TPSA) is 38.5 Å². The van der Waals surface area contributed by atoms with E-state index < -0.39 is 0 Å². The van der Waals surface area contributed by atoms with E-state index in [1.165, 1.54) is 32.1 Å². The normalized spacial score (nSPS) is 18.1. The Morgan fingerprint density at radius 1 is 1.15 bits per heavy atom. The number of nitrogens with two attached hydrogens (primary N) is 1. The Balaban J connectivity index is 1.72. The van der Waals surface area contributed by atoms with E-state index in [-0.39, 0.29) is 5.54 Å². The van der Waals surface area contributed by atoms with E-state index in [4.69, 9.17) is 10.5 Å². The lowest BCUT2D eigenvalue weighted by atomic mass is 9.80. The highest BCUT2D eigenvalue weighted by Crippen LogP contribution is 2.32. The van der Waals surface area contributed by atoms with Crippen LogP contribution in [0.15, 0.2) is 30.3 Å². The fraction of sp³-hybridized carbons (Fsp3) is 0.647. The number of rotatable bonds is 7. The SMILES string of the molecule is CN(CCCOc1ccccc1)C1(CN)CCCCC1. The molecule has 0 radical (unpaired) electrons. The summed E-state index contributed by atoms with van der Waals surface area (Å²) in [5.74, 6) is 0.960. The van der Waals surface area contributed by atoms with E-state index in [1.54, 1.807) is 0 Å². The monoisotopic (exact) mass is 276 g/mol. The molecule has 2 rings (SSSR count). The molecule has 1 fully saturated rings. The molecule has 1 aromatic carbocycles. The Labute approximate surface area is 123 Å². The van der Waals surface area contributed by atoms with Crippen LogP contribution in [0.4, 0.5) is 0 Å². The van der Waals surface area contributed by atoms with Crippen LogP contribution >= 0.6 is 0 Å². The second-order valence-corrected chi connectivity index (χ2v) is 5.93. The number of para-hydroxylation sites is 1. The van der Waals surface area contributed by atoms with Gasteiger partial charge in [-0.2, -0.15) is 0 Å². The third-order valence-corrected chi connectivity index (χ3v) is 4.62. The minimum Gasteiger partial charge on any atom is -0.494 e. The van der Waals surface area contributed by atoms with Crippen LogP contribution in [0.5, 0.6) is 5.75 Å². The van der Waals surface area contributed by atoms with Crippen molar-refractivity contribution in [3.8, 4) is 5.75 Å². The van der Waals surface area contributed by atoms with Gasteiger partial charge in [0.15, 0.2) is 0 Å². The molecule has 2 N–H and O–H groups in total. The first-order chi connectivity index (χ1) is 9.77. The fourth-order valence-electron chi connectivity index (χ4n) is 3.20. The molecule has 1 aliphatic carbocycles. The Morgan fingerprint density at radius 3 is 2.50 bits per heavy atom. The van der Waals surface area contributed by atoms with Crippen LogP contribution in [-0.2, 0) is 0 Å². The zero-order valence-electron chi connectivity index (χ0n) is 12.7. The van der Waals surface area contributed by atoms with Gasteiger partial charge in [-0.05, 0) is 38.4 Å². The molecule has 0 spiro atoms. The highest BCUT2D eigenvalue weighted by molar-refractivity contribution is 5.20. The van der Waals surface area contributed by atoms with Crippen molar-refractivity contribution in [1.29, 1.82) is 0 Å². The fourth-order valence-corrected chi connectivity index (χ4v) is 3.20. The molecule has 0 saturated heterocycles. The summed E-state index contributed by atoms with van der Waals surface area (Å²) in [6.45, 7) is 2.61. The van der Waals surface area contributed by atoms with Crippen molar-refractivity contribution in [2.75, 3.05) is 26.7 Å². The number of hydrogen-bond acceptors (Lipinski definition) is 3. The van der Waals surface area contributed by atoms with Gasteiger partial charge in [-0.15, -0.1) is 0 Å². The molecule has 0 atom stereocenters. The van der Waals surface area contributed by atoms with Gasteiger partial charge < -0.3 is 10.5 Å². The van der Waals surface area contributed by atoms with Crippen LogP contribution < -0.4 is 10.5 Å². The van der Waals surface area contributed by atoms with E-state index in [1.807, 2.05) is 30.3 Å². The van der Waals surface area contributed by atoms with Crippen LogP contribution in [0.25, 0.3) is 0 Å². The molecule has 1 aliphatic rings. The highest BCUT2D eigenvalue weighted by atomic mass is 16.5. The smallest absolute Gasteiger partial charge is 0.119 e. The van der Waals surface area contributed by atoms with Crippen molar-refractivity contribution in [2.24, 2.45) is 5.73 Å². The van der Waals surface area contributed by atoms with Crippen molar-refractivity contribution >= 4 is 0 Å². The molecule has 0 unspecified atom stereocenters. The standard InChI is InChI=1S/C17H28N2O/c1-19(17(15-18)11-6-3-7-12-17)13-8-14-20-16-9-4-2-5-10-16/h2,4-5,9-10H,3,6-8,11-15,18H2,1H3. The van der Waals surface area contributed by atoms with Gasteiger partial charge in [-0.3, -0.25) is 4.90 Å². The van der Waals surface area contributed by atoms with E-state index >= 15 is 0 Å². The lowest BCUT2D eigenvalue weighted by molar-refractivity contribution is 0.0774. The molecule has 0 aliphatic heterocycles. The van der Waals surface area contributed by atoms with Crippen molar-refractivity contribution in [2.45, 2.75) is 44.1 Å². The van der Waals surface area contributed by atoms with Crippen LogP contribution in [0.1, 0.15) is 38.5 Å². The Hall–Kier alpha value is -1.06. The lowest BCUT2D eigenvalue weighted by Crippen LogP contribution is -2.53. The minimum absolute atomic E-state index is 0.241. The third-order valence-electron chi connectivity index (χ3n) is 4.62. The zero-order valence-corrected chi connectivity index (χ0v) is 12.7. The molecule has 0 bridgehead atoms. The lowest BCUT2D eigenvalue weighted by Gasteiger charge is -2.44. The van der Waals surface area contributed by atoms with E-state index in [2.05, 4.69) is 11.9 Å². The van der Waals surface area contributed by atoms with Crippen LogP contribution in [0.3, 0.4) is 0 Å². The largest absolute Gasteiger partial charge is 0.494 e. The summed E-state index contributed by atoms with van der Waals surface area (Å²) in [5, 5.41) is 0. The Bertz CT molecular complexity index is 374. The zero-order chi connectivity index (χ0) is 14.3. The molecule has 3 heteroatoms. The van der Waals surface area contributed by atoms with Gasteiger partial charge in [-0.25, -0.2) is 0 Å². The molecular formula is C17H28N2O. The van der Waals surface area contributed by atoms with Crippen molar-refractivity contribution in [1.82, 2.24) is 4.90 Å². The maximum absolute atomic E-state index is 6.06. The van der Waals surface area contributed by atoms with Gasteiger partial charge in [0.1, 0.15) is 5.75 Å². The van der Waals surface area contributed by atoms with Gasteiger partial charge in [0.2, 0.25) is 0 Å². The summed E-state index contributed by atoms with van der Waals surface area (Å²) in [6, 6.07) is 10.0. The summed E-state index contributed by atoms with van der Waals surface area (Å²) in [6.07, 6.45) is 7.56. The predicted molar refractivity (Wildman–Crippen MR) is 84.1 cm³/mol. The maximum Gasteiger partial charge on any atom is 0.119 e.